The zero-order valence-electron chi connectivity index (χ0n) is 10.4. The Balaban J connectivity index is 1.60. The number of hydrogen-bond donors (Lipinski definition) is 1. The van der Waals surface area contributed by atoms with Crippen molar-refractivity contribution in [2.24, 2.45) is 5.41 Å². The van der Waals surface area contributed by atoms with Crippen LogP contribution in [0.25, 0.3) is 0 Å². The molecule has 0 saturated heterocycles. The number of rotatable bonds is 4. The Morgan fingerprint density at radius 1 is 1.47 bits per heavy atom. The summed E-state index contributed by atoms with van der Waals surface area (Å²) in [6.45, 7) is 0.806. The van der Waals surface area contributed by atoms with Gasteiger partial charge in [0.05, 0.1) is 12.7 Å². The third-order valence-electron chi connectivity index (χ3n) is 4.67. The molecule has 0 amide bonds. The minimum absolute atomic E-state index is 0.464. The fraction of sp³-hybridized carbons (Fsp3) is 0.714. The molecule has 0 aromatic carbocycles. The van der Waals surface area contributed by atoms with E-state index in [1.165, 1.54) is 37.0 Å². The van der Waals surface area contributed by atoms with Crippen LogP contribution in [0.5, 0.6) is 0 Å². The highest BCUT2D eigenvalue weighted by Crippen LogP contribution is 2.54. The van der Waals surface area contributed by atoms with Crippen LogP contribution in [0.1, 0.15) is 37.0 Å². The molecule has 17 heavy (non-hydrogen) atoms. The summed E-state index contributed by atoms with van der Waals surface area (Å²) in [6.07, 6.45) is 7.17. The number of thiophene rings is 1. The van der Waals surface area contributed by atoms with Crippen LogP contribution in [0.3, 0.4) is 0 Å². The van der Waals surface area contributed by atoms with E-state index < -0.39 is 0 Å². The highest BCUT2D eigenvalue weighted by Gasteiger charge is 2.56. The fourth-order valence-corrected chi connectivity index (χ4v) is 4.29. The first-order valence-electron chi connectivity index (χ1n) is 6.66. The SMILES string of the molecule is CNC1CC(OCc2cccs2)C12CCCC2. The number of hydrogen-bond acceptors (Lipinski definition) is 3. The molecule has 1 spiro atoms. The lowest BCUT2D eigenvalue weighted by atomic mass is 9.60. The maximum absolute atomic E-state index is 6.16. The quantitative estimate of drug-likeness (QED) is 0.887. The maximum atomic E-state index is 6.16. The lowest BCUT2D eigenvalue weighted by molar-refractivity contribution is -0.138. The van der Waals surface area contributed by atoms with Gasteiger partial charge in [-0.3, -0.25) is 0 Å². The fourth-order valence-electron chi connectivity index (χ4n) is 3.67. The predicted molar refractivity (Wildman–Crippen MR) is 71.3 cm³/mol. The van der Waals surface area contributed by atoms with Gasteiger partial charge in [0.1, 0.15) is 0 Å². The lowest BCUT2D eigenvalue weighted by Gasteiger charge is -2.54. The minimum atomic E-state index is 0.464. The molecule has 1 heterocycles. The zero-order valence-corrected chi connectivity index (χ0v) is 11.3. The first kappa shape index (κ1) is 11.7. The van der Waals surface area contributed by atoms with E-state index in [0.29, 0.717) is 17.6 Å². The molecule has 0 radical (unpaired) electrons. The molecule has 2 aliphatic carbocycles. The highest BCUT2D eigenvalue weighted by molar-refractivity contribution is 7.09. The van der Waals surface area contributed by atoms with Crippen LogP contribution in [-0.4, -0.2) is 19.2 Å². The van der Waals surface area contributed by atoms with E-state index in [9.17, 15) is 0 Å². The highest BCUT2D eigenvalue weighted by atomic mass is 32.1. The Kier molecular flexibility index (Phi) is 3.24. The molecule has 1 N–H and O–H groups in total. The molecule has 1 aromatic rings. The minimum Gasteiger partial charge on any atom is -0.372 e. The predicted octanol–water partition coefficient (Wildman–Crippen LogP) is 3.19. The average Bonchev–Trinajstić information content (AvgIpc) is 3.00. The summed E-state index contributed by atoms with van der Waals surface area (Å²) >= 11 is 1.80. The summed E-state index contributed by atoms with van der Waals surface area (Å²) in [4.78, 5) is 1.35. The summed E-state index contributed by atoms with van der Waals surface area (Å²) in [5.41, 5.74) is 0.464. The smallest absolute Gasteiger partial charge is 0.0813 e. The summed E-state index contributed by atoms with van der Waals surface area (Å²) in [5, 5.41) is 5.61. The molecule has 0 bridgehead atoms. The molecular formula is C14H21NOS. The van der Waals surface area contributed by atoms with Gasteiger partial charge in [-0.15, -0.1) is 11.3 Å². The van der Waals surface area contributed by atoms with Crippen molar-refractivity contribution >= 4 is 11.3 Å². The molecule has 94 valence electrons. The first-order valence-corrected chi connectivity index (χ1v) is 7.54. The van der Waals surface area contributed by atoms with Gasteiger partial charge in [0.25, 0.3) is 0 Å². The average molecular weight is 251 g/mol. The monoisotopic (exact) mass is 251 g/mol. The van der Waals surface area contributed by atoms with Crippen molar-refractivity contribution in [3.8, 4) is 0 Å². The van der Waals surface area contributed by atoms with Crippen LogP contribution < -0.4 is 5.32 Å². The molecule has 2 saturated carbocycles. The molecule has 2 nitrogen and oxygen atoms in total. The van der Waals surface area contributed by atoms with Crippen LogP contribution >= 0.6 is 11.3 Å². The van der Waals surface area contributed by atoms with E-state index >= 15 is 0 Å². The standard InChI is InChI=1S/C14H21NOS/c1-15-12-9-13(14(12)6-2-3-7-14)16-10-11-5-4-8-17-11/h4-5,8,12-13,15H,2-3,6-7,9-10H2,1H3. The van der Waals surface area contributed by atoms with Crippen molar-refractivity contribution < 1.29 is 4.74 Å². The summed E-state index contributed by atoms with van der Waals surface area (Å²) in [6, 6.07) is 4.96. The third kappa shape index (κ3) is 1.94. The van der Waals surface area contributed by atoms with Crippen molar-refractivity contribution in [2.75, 3.05) is 7.05 Å². The Hall–Kier alpha value is -0.380. The van der Waals surface area contributed by atoms with Crippen molar-refractivity contribution in [2.45, 2.75) is 50.9 Å². The molecule has 1 aromatic heterocycles. The molecule has 2 atom stereocenters. The topological polar surface area (TPSA) is 21.3 Å². The molecule has 0 aliphatic heterocycles. The molecule has 2 unspecified atom stereocenters. The second-order valence-electron chi connectivity index (χ2n) is 5.40. The summed E-state index contributed by atoms with van der Waals surface area (Å²) in [7, 11) is 2.10. The van der Waals surface area contributed by atoms with Crippen molar-refractivity contribution in [1.29, 1.82) is 0 Å². The van der Waals surface area contributed by atoms with Crippen LogP contribution in [0.4, 0.5) is 0 Å². The van der Waals surface area contributed by atoms with Gasteiger partial charge >= 0.3 is 0 Å². The molecule has 2 aliphatic rings. The van der Waals surface area contributed by atoms with Crippen molar-refractivity contribution in [3.63, 3.8) is 0 Å². The first-order chi connectivity index (χ1) is 8.35. The van der Waals surface area contributed by atoms with Gasteiger partial charge in [-0.2, -0.15) is 0 Å². The second-order valence-corrected chi connectivity index (χ2v) is 6.43. The molecule has 3 heteroatoms. The van der Waals surface area contributed by atoms with E-state index in [1.807, 2.05) is 0 Å². The Morgan fingerprint density at radius 2 is 2.29 bits per heavy atom. The third-order valence-corrected chi connectivity index (χ3v) is 5.52. The van der Waals surface area contributed by atoms with Crippen LogP contribution in [0.15, 0.2) is 17.5 Å². The van der Waals surface area contributed by atoms with Gasteiger partial charge in [0.15, 0.2) is 0 Å². The molecular weight excluding hydrogens is 230 g/mol. The number of nitrogens with one attached hydrogen (secondary N) is 1. The second kappa shape index (κ2) is 4.71. The lowest BCUT2D eigenvalue weighted by Crippen LogP contribution is -2.61. The Bertz CT molecular complexity index is 356. The van der Waals surface area contributed by atoms with E-state index in [1.54, 1.807) is 11.3 Å². The van der Waals surface area contributed by atoms with Gasteiger partial charge in [0.2, 0.25) is 0 Å². The van der Waals surface area contributed by atoms with Crippen LogP contribution in [0.2, 0.25) is 0 Å². The van der Waals surface area contributed by atoms with E-state index in [2.05, 4.69) is 29.9 Å². The molecule has 3 rings (SSSR count). The van der Waals surface area contributed by atoms with Gasteiger partial charge in [-0.05, 0) is 37.8 Å². The van der Waals surface area contributed by atoms with Crippen molar-refractivity contribution in [3.05, 3.63) is 22.4 Å². The largest absolute Gasteiger partial charge is 0.372 e. The van der Waals surface area contributed by atoms with Gasteiger partial charge in [-0.25, -0.2) is 0 Å². The van der Waals surface area contributed by atoms with E-state index in [-0.39, 0.29) is 0 Å². The van der Waals surface area contributed by atoms with Gasteiger partial charge in [-0.1, -0.05) is 18.9 Å². The van der Waals surface area contributed by atoms with E-state index in [0.717, 1.165) is 6.61 Å². The molecule has 2 fully saturated rings. The summed E-state index contributed by atoms with van der Waals surface area (Å²) in [5.74, 6) is 0. The van der Waals surface area contributed by atoms with Gasteiger partial charge in [0, 0.05) is 16.3 Å². The van der Waals surface area contributed by atoms with Crippen molar-refractivity contribution in [1.82, 2.24) is 5.32 Å². The normalized spacial score (nSPS) is 30.6. The van der Waals surface area contributed by atoms with Crippen LogP contribution in [0, 0.1) is 5.41 Å². The number of ether oxygens (including phenoxy) is 1. The Labute approximate surface area is 107 Å². The zero-order chi connectivity index (χ0) is 11.7. The van der Waals surface area contributed by atoms with Crippen LogP contribution in [-0.2, 0) is 11.3 Å². The Morgan fingerprint density at radius 3 is 2.94 bits per heavy atom. The van der Waals surface area contributed by atoms with E-state index in [4.69, 9.17) is 4.74 Å². The van der Waals surface area contributed by atoms with Gasteiger partial charge < -0.3 is 10.1 Å². The summed E-state index contributed by atoms with van der Waals surface area (Å²) < 4.78 is 6.16. The maximum Gasteiger partial charge on any atom is 0.0813 e.